The predicted octanol–water partition coefficient (Wildman–Crippen LogP) is 0.860. The van der Waals surface area contributed by atoms with Gasteiger partial charge in [0.1, 0.15) is 6.04 Å². The number of aliphatic carboxylic acids is 1. The average Bonchev–Trinajstić information content (AvgIpc) is 2.29. The van der Waals surface area contributed by atoms with Gasteiger partial charge in [-0.05, 0) is 34.6 Å². The van der Waals surface area contributed by atoms with Crippen molar-refractivity contribution in [3.8, 4) is 0 Å². The van der Waals surface area contributed by atoms with Crippen LogP contribution in [0.4, 0.5) is 0 Å². The Bertz CT molecular complexity index is 349. The number of nitrogens with one attached hydrogen (secondary N) is 1. The van der Waals surface area contributed by atoms with Crippen molar-refractivity contribution in [2.75, 3.05) is 13.1 Å². The standard InChI is InChI=1S/C13H24N2O4/c1-6-15(7-2)11(17)9(3)14-10(16)8-13(4,5)12(18)19/h9H,6-8H2,1-5H3,(H,14,16)(H,18,19). The number of nitrogens with zero attached hydrogens (tertiary/aromatic N) is 1. The Morgan fingerprint density at radius 1 is 1.21 bits per heavy atom. The molecule has 0 aliphatic carbocycles. The van der Waals surface area contributed by atoms with Crippen LogP contribution in [0.5, 0.6) is 0 Å². The number of likely N-dealkylation sites (N-methyl/N-ethyl adjacent to an activating group) is 1. The highest BCUT2D eigenvalue weighted by atomic mass is 16.4. The fourth-order valence-corrected chi connectivity index (χ4v) is 1.64. The lowest BCUT2D eigenvalue weighted by Gasteiger charge is -2.25. The summed E-state index contributed by atoms with van der Waals surface area (Å²) in [6.45, 7) is 9.45. The summed E-state index contributed by atoms with van der Waals surface area (Å²) in [6, 6.07) is -0.642. The van der Waals surface area contributed by atoms with E-state index in [1.54, 1.807) is 11.8 Å². The van der Waals surface area contributed by atoms with Gasteiger partial charge in [0.25, 0.3) is 0 Å². The van der Waals surface area contributed by atoms with E-state index in [2.05, 4.69) is 5.32 Å². The second kappa shape index (κ2) is 7.11. The zero-order chi connectivity index (χ0) is 15.2. The molecule has 0 aliphatic heterocycles. The molecule has 2 amide bonds. The van der Waals surface area contributed by atoms with E-state index in [0.717, 1.165) is 0 Å². The van der Waals surface area contributed by atoms with E-state index in [9.17, 15) is 14.4 Å². The summed E-state index contributed by atoms with van der Waals surface area (Å²) in [7, 11) is 0. The summed E-state index contributed by atoms with van der Waals surface area (Å²) in [4.78, 5) is 36.2. The topological polar surface area (TPSA) is 86.7 Å². The molecule has 1 atom stereocenters. The molecule has 0 rings (SSSR count). The van der Waals surface area contributed by atoms with E-state index in [-0.39, 0.29) is 12.3 Å². The molecule has 0 aromatic rings. The largest absolute Gasteiger partial charge is 0.481 e. The van der Waals surface area contributed by atoms with Gasteiger partial charge in [0.2, 0.25) is 11.8 Å². The van der Waals surface area contributed by atoms with Crippen LogP contribution in [0, 0.1) is 5.41 Å². The minimum absolute atomic E-state index is 0.155. The molecule has 0 aromatic heterocycles. The Hall–Kier alpha value is -1.59. The molecule has 0 bridgehead atoms. The maximum Gasteiger partial charge on any atom is 0.309 e. The third-order valence-corrected chi connectivity index (χ3v) is 3.00. The van der Waals surface area contributed by atoms with Crippen LogP contribution in [0.2, 0.25) is 0 Å². The van der Waals surface area contributed by atoms with Gasteiger partial charge in [-0.1, -0.05) is 0 Å². The van der Waals surface area contributed by atoms with E-state index in [4.69, 9.17) is 5.11 Å². The molecule has 6 nitrogen and oxygen atoms in total. The van der Waals surface area contributed by atoms with E-state index < -0.39 is 23.3 Å². The molecule has 6 heteroatoms. The highest BCUT2D eigenvalue weighted by Gasteiger charge is 2.31. The summed E-state index contributed by atoms with van der Waals surface area (Å²) in [5, 5.41) is 11.5. The van der Waals surface area contributed by atoms with E-state index >= 15 is 0 Å². The first-order valence-electron chi connectivity index (χ1n) is 6.47. The lowest BCUT2D eigenvalue weighted by Crippen LogP contribution is -2.47. The zero-order valence-corrected chi connectivity index (χ0v) is 12.3. The Kier molecular flexibility index (Phi) is 6.52. The smallest absolute Gasteiger partial charge is 0.309 e. The van der Waals surface area contributed by atoms with Gasteiger partial charge in [0.05, 0.1) is 5.41 Å². The third kappa shape index (κ3) is 5.28. The SMILES string of the molecule is CCN(CC)C(=O)C(C)NC(=O)CC(C)(C)C(=O)O. The number of carboxylic acids is 1. The average molecular weight is 272 g/mol. The predicted molar refractivity (Wildman–Crippen MR) is 71.6 cm³/mol. The van der Waals surface area contributed by atoms with Crippen LogP contribution in [0.15, 0.2) is 0 Å². The molecule has 2 N–H and O–H groups in total. The van der Waals surface area contributed by atoms with Crippen LogP contribution in [0.3, 0.4) is 0 Å². The number of carboxylic acid groups (broad SMARTS) is 1. The van der Waals surface area contributed by atoms with Gasteiger partial charge in [-0.25, -0.2) is 0 Å². The van der Waals surface area contributed by atoms with Crippen molar-refractivity contribution < 1.29 is 19.5 Å². The number of carbonyl (C=O) groups excluding carboxylic acids is 2. The van der Waals surface area contributed by atoms with Crippen molar-refractivity contribution in [1.82, 2.24) is 10.2 Å². The van der Waals surface area contributed by atoms with Crippen LogP contribution in [0.25, 0.3) is 0 Å². The molecular weight excluding hydrogens is 248 g/mol. The Labute approximate surface area is 114 Å². The molecule has 0 radical (unpaired) electrons. The maximum atomic E-state index is 11.9. The minimum atomic E-state index is -1.14. The van der Waals surface area contributed by atoms with Gasteiger partial charge >= 0.3 is 5.97 Å². The first kappa shape index (κ1) is 17.4. The van der Waals surface area contributed by atoms with Gasteiger partial charge in [-0.3, -0.25) is 14.4 Å². The summed E-state index contributed by atoms with van der Waals surface area (Å²) < 4.78 is 0. The van der Waals surface area contributed by atoms with Crippen LogP contribution in [-0.4, -0.2) is 46.9 Å². The second-order valence-electron chi connectivity index (χ2n) is 5.17. The van der Waals surface area contributed by atoms with Gasteiger partial charge in [-0.2, -0.15) is 0 Å². The summed E-state index contributed by atoms with van der Waals surface area (Å²) in [5.41, 5.74) is -1.14. The van der Waals surface area contributed by atoms with Crippen molar-refractivity contribution >= 4 is 17.8 Å². The van der Waals surface area contributed by atoms with E-state index in [1.165, 1.54) is 13.8 Å². The van der Waals surface area contributed by atoms with Crippen LogP contribution in [-0.2, 0) is 14.4 Å². The molecule has 1 unspecified atom stereocenters. The number of rotatable bonds is 7. The zero-order valence-electron chi connectivity index (χ0n) is 12.3. The molecule has 0 saturated heterocycles. The second-order valence-corrected chi connectivity index (χ2v) is 5.17. The summed E-state index contributed by atoms with van der Waals surface area (Å²) in [6.07, 6.45) is -0.155. The van der Waals surface area contributed by atoms with Crippen molar-refractivity contribution in [2.45, 2.75) is 47.1 Å². The number of carbonyl (C=O) groups is 3. The van der Waals surface area contributed by atoms with Crippen molar-refractivity contribution in [3.63, 3.8) is 0 Å². The molecular formula is C13H24N2O4. The molecule has 0 saturated carbocycles. The molecule has 0 heterocycles. The van der Waals surface area contributed by atoms with Crippen LogP contribution >= 0.6 is 0 Å². The lowest BCUT2D eigenvalue weighted by molar-refractivity contribution is -0.149. The Morgan fingerprint density at radius 3 is 2.05 bits per heavy atom. The maximum absolute atomic E-state index is 11.9. The number of hydrogen-bond acceptors (Lipinski definition) is 3. The fourth-order valence-electron chi connectivity index (χ4n) is 1.64. The van der Waals surface area contributed by atoms with Crippen molar-refractivity contribution in [2.24, 2.45) is 5.41 Å². The highest BCUT2D eigenvalue weighted by molar-refractivity contribution is 5.89. The molecule has 110 valence electrons. The lowest BCUT2D eigenvalue weighted by atomic mass is 9.89. The first-order valence-corrected chi connectivity index (χ1v) is 6.47. The Balaban J connectivity index is 4.49. The number of amides is 2. The van der Waals surface area contributed by atoms with Gasteiger partial charge in [0.15, 0.2) is 0 Å². The minimum Gasteiger partial charge on any atom is -0.481 e. The number of hydrogen-bond donors (Lipinski definition) is 2. The van der Waals surface area contributed by atoms with E-state index in [1.807, 2.05) is 13.8 Å². The third-order valence-electron chi connectivity index (χ3n) is 3.00. The molecule has 0 aromatic carbocycles. The highest BCUT2D eigenvalue weighted by Crippen LogP contribution is 2.20. The molecule has 19 heavy (non-hydrogen) atoms. The summed E-state index contributed by atoms with van der Waals surface area (Å²) in [5.74, 6) is -1.63. The van der Waals surface area contributed by atoms with E-state index in [0.29, 0.717) is 13.1 Å². The monoisotopic (exact) mass is 272 g/mol. The van der Waals surface area contributed by atoms with Gasteiger partial charge in [0, 0.05) is 19.5 Å². The molecule has 0 spiro atoms. The quantitative estimate of drug-likeness (QED) is 0.719. The molecule has 0 fully saturated rings. The molecule has 0 aliphatic rings. The van der Waals surface area contributed by atoms with Gasteiger partial charge < -0.3 is 15.3 Å². The first-order chi connectivity index (χ1) is 8.65. The summed E-state index contributed by atoms with van der Waals surface area (Å²) >= 11 is 0. The Morgan fingerprint density at radius 2 is 1.68 bits per heavy atom. The van der Waals surface area contributed by atoms with Crippen molar-refractivity contribution in [1.29, 1.82) is 0 Å². The van der Waals surface area contributed by atoms with Crippen LogP contribution < -0.4 is 5.32 Å². The normalized spacial score (nSPS) is 12.7. The van der Waals surface area contributed by atoms with Gasteiger partial charge in [-0.15, -0.1) is 0 Å². The van der Waals surface area contributed by atoms with Crippen molar-refractivity contribution in [3.05, 3.63) is 0 Å². The fraction of sp³-hybridized carbons (Fsp3) is 0.769. The van der Waals surface area contributed by atoms with Crippen LogP contribution in [0.1, 0.15) is 41.0 Å².